The van der Waals surface area contributed by atoms with Crippen LogP contribution in [0, 0.1) is 17.1 Å². The third-order valence-electron chi connectivity index (χ3n) is 7.02. The predicted octanol–water partition coefficient (Wildman–Crippen LogP) is 4.76. The van der Waals surface area contributed by atoms with Gasteiger partial charge in [-0.05, 0) is 73.2 Å². The maximum atomic E-state index is 13.3. The van der Waals surface area contributed by atoms with Crippen molar-refractivity contribution in [1.82, 2.24) is 9.78 Å². The number of hydrogen-bond acceptors (Lipinski definition) is 3. The van der Waals surface area contributed by atoms with Gasteiger partial charge in [-0.15, -0.1) is 0 Å². The number of benzene rings is 2. The second-order valence-corrected chi connectivity index (χ2v) is 8.48. The summed E-state index contributed by atoms with van der Waals surface area (Å²) < 4.78 is 21.7. The smallest absolute Gasteiger partial charge is 0.123 e. The van der Waals surface area contributed by atoms with Crippen molar-refractivity contribution >= 4 is 6.08 Å². The second-order valence-electron chi connectivity index (χ2n) is 8.48. The van der Waals surface area contributed by atoms with Gasteiger partial charge in [0.2, 0.25) is 0 Å². The molecule has 1 unspecified atom stereocenters. The van der Waals surface area contributed by atoms with Gasteiger partial charge in [0.1, 0.15) is 17.0 Å². The molecule has 0 amide bonds. The highest BCUT2D eigenvalue weighted by Crippen LogP contribution is 2.67. The topological polar surface area (TPSA) is 54.1 Å². The molecule has 1 saturated heterocycles. The summed E-state index contributed by atoms with van der Waals surface area (Å²) in [6.45, 7) is 0. The molecule has 2 fully saturated rings. The lowest BCUT2D eigenvalue weighted by atomic mass is 9.81. The Morgan fingerprint density at radius 3 is 2.83 bits per heavy atom. The Kier molecular flexibility index (Phi) is 3.60. The Hall–Kier alpha value is -3.23. The molecule has 2 heterocycles. The van der Waals surface area contributed by atoms with E-state index in [1.165, 1.54) is 23.3 Å². The Morgan fingerprint density at radius 1 is 1.17 bits per heavy atom. The SMILES string of the molecule is N#Cc1ccccc1CC[C@]12CCC3=Cc4c(cnn4-c4ccc(F)cc4)CC31O2. The Labute approximate surface area is 174 Å². The molecular formula is C25H20FN3O. The van der Waals surface area contributed by atoms with Gasteiger partial charge in [-0.2, -0.15) is 10.4 Å². The molecule has 2 atom stereocenters. The highest BCUT2D eigenvalue weighted by Gasteiger charge is 2.74. The van der Waals surface area contributed by atoms with Crippen LogP contribution in [0.2, 0.25) is 0 Å². The van der Waals surface area contributed by atoms with Gasteiger partial charge in [0.05, 0.1) is 29.2 Å². The zero-order valence-corrected chi connectivity index (χ0v) is 16.4. The van der Waals surface area contributed by atoms with Crippen molar-refractivity contribution in [2.75, 3.05) is 0 Å². The molecule has 2 aromatic carbocycles. The molecular weight excluding hydrogens is 377 g/mol. The number of fused-ring (bicyclic) bond motifs is 1. The van der Waals surface area contributed by atoms with E-state index in [-0.39, 0.29) is 17.0 Å². The Morgan fingerprint density at radius 2 is 2.00 bits per heavy atom. The van der Waals surface area contributed by atoms with Crippen LogP contribution in [0.5, 0.6) is 0 Å². The molecule has 2 aliphatic carbocycles. The van der Waals surface area contributed by atoms with Crippen LogP contribution < -0.4 is 0 Å². The van der Waals surface area contributed by atoms with E-state index in [4.69, 9.17) is 4.74 Å². The lowest BCUT2D eigenvalue weighted by molar-refractivity contribution is 0.235. The summed E-state index contributed by atoms with van der Waals surface area (Å²) in [4.78, 5) is 0. The molecule has 1 aromatic heterocycles. The van der Waals surface area contributed by atoms with Crippen LogP contribution in [0.25, 0.3) is 11.8 Å². The van der Waals surface area contributed by atoms with Crippen LogP contribution in [-0.2, 0) is 17.6 Å². The number of aryl methyl sites for hydroxylation is 1. The van der Waals surface area contributed by atoms with Crippen molar-refractivity contribution in [3.8, 4) is 11.8 Å². The number of nitriles is 1. The number of hydrogen-bond donors (Lipinski definition) is 0. The number of halogens is 1. The quantitative estimate of drug-likeness (QED) is 0.597. The first-order valence-corrected chi connectivity index (χ1v) is 10.4. The zero-order valence-electron chi connectivity index (χ0n) is 16.4. The maximum Gasteiger partial charge on any atom is 0.123 e. The van der Waals surface area contributed by atoms with Crippen LogP contribution in [-0.4, -0.2) is 21.0 Å². The average molecular weight is 397 g/mol. The molecule has 4 nitrogen and oxygen atoms in total. The maximum absolute atomic E-state index is 13.3. The van der Waals surface area contributed by atoms with E-state index < -0.39 is 0 Å². The number of ether oxygens (including phenoxy) is 1. The van der Waals surface area contributed by atoms with Crippen molar-refractivity contribution < 1.29 is 9.13 Å². The Balaban J connectivity index is 1.28. The molecule has 3 aliphatic rings. The summed E-state index contributed by atoms with van der Waals surface area (Å²) in [7, 11) is 0. The number of nitrogens with zero attached hydrogens (tertiary/aromatic N) is 3. The molecule has 0 bridgehead atoms. The van der Waals surface area contributed by atoms with Gasteiger partial charge in [0.25, 0.3) is 0 Å². The van der Waals surface area contributed by atoms with Crippen LogP contribution in [0.15, 0.2) is 60.3 Å². The number of epoxide rings is 1. The fourth-order valence-electron chi connectivity index (χ4n) is 5.42. The van der Waals surface area contributed by atoms with Gasteiger partial charge in [-0.25, -0.2) is 9.07 Å². The molecule has 1 saturated carbocycles. The third-order valence-corrected chi connectivity index (χ3v) is 7.02. The van der Waals surface area contributed by atoms with Crippen LogP contribution in [0.1, 0.15) is 41.6 Å². The first-order valence-electron chi connectivity index (χ1n) is 10.4. The molecule has 1 aliphatic heterocycles. The largest absolute Gasteiger partial charge is 0.357 e. The highest BCUT2D eigenvalue weighted by molar-refractivity contribution is 5.66. The van der Waals surface area contributed by atoms with Crippen molar-refractivity contribution in [3.63, 3.8) is 0 Å². The first kappa shape index (κ1) is 17.6. The van der Waals surface area contributed by atoms with E-state index in [1.807, 2.05) is 35.1 Å². The van der Waals surface area contributed by atoms with E-state index in [9.17, 15) is 9.65 Å². The minimum atomic E-state index is -0.248. The predicted molar refractivity (Wildman–Crippen MR) is 110 cm³/mol. The standard InChI is InChI=1S/C25H20FN3O/c26-21-5-7-22(8-6-21)29-23-13-20-10-12-24(25(20,30-24)14-19(23)16-28-29)11-9-17-3-1-2-4-18(17)15-27/h1-8,13,16H,9-12,14H2/t24-,25?/m0/s1. The highest BCUT2D eigenvalue weighted by atomic mass is 19.1. The van der Waals surface area contributed by atoms with Crippen molar-refractivity contribution in [3.05, 3.63) is 88.5 Å². The summed E-state index contributed by atoms with van der Waals surface area (Å²) in [5.41, 5.74) is 5.96. The summed E-state index contributed by atoms with van der Waals surface area (Å²) in [5, 5.41) is 13.9. The molecule has 0 radical (unpaired) electrons. The second kappa shape index (κ2) is 6.13. The fraction of sp³-hybridized carbons (Fsp3) is 0.280. The fourth-order valence-corrected chi connectivity index (χ4v) is 5.42. The minimum absolute atomic E-state index is 0.128. The summed E-state index contributed by atoms with van der Waals surface area (Å²) in [6, 6.07) is 16.6. The first-order chi connectivity index (χ1) is 14.6. The van der Waals surface area contributed by atoms with Gasteiger partial charge in [0, 0.05) is 12.0 Å². The summed E-state index contributed by atoms with van der Waals surface area (Å²) >= 11 is 0. The monoisotopic (exact) mass is 397 g/mol. The van der Waals surface area contributed by atoms with E-state index in [1.54, 1.807) is 12.1 Å². The molecule has 5 heteroatoms. The zero-order chi connectivity index (χ0) is 20.3. The van der Waals surface area contributed by atoms with Crippen LogP contribution in [0.4, 0.5) is 4.39 Å². The van der Waals surface area contributed by atoms with Gasteiger partial charge in [-0.3, -0.25) is 0 Å². The molecule has 148 valence electrons. The lowest BCUT2D eigenvalue weighted by Crippen LogP contribution is -2.27. The summed E-state index contributed by atoms with van der Waals surface area (Å²) in [5.74, 6) is -0.248. The molecule has 6 rings (SSSR count). The van der Waals surface area contributed by atoms with E-state index >= 15 is 0 Å². The van der Waals surface area contributed by atoms with Gasteiger partial charge in [-0.1, -0.05) is 18.2 Å². The van der Waals surface area contributed by atoms with Crippen molar-refractivity contribution in [2.45, 2.75) is 43.3 Å². The number of aromatic nitrogens is 2. The lowest BCUT2D eigenvalue weighted by Gasteiger charge is -2.20. The van der Waals surface area contributed by atoms with Crippen molar-refractivity contribution in [1.29, 1.82) is 5.26 Å². The molecule has 0 N–H and O–H groups in total. The van der Waals surface area contributed by atoms with E-state index in [0.29, 0.717) is 0 Å². The number of rotatable bonds is 4. The normalized spacial score (nSPS) is 25.7. The Bertz CT molecular complexity index is 1240. The van der Waals surface area contributed by atoms with Crippen LogP contribution in [0.3, 0.4) is 0 Å². The average Bonchev–Trinajstić information content (AvgIpc) is 3.04. The van der Waals surface area contributed by atoms with Gasteiger partial charge >= 0.3 is 0 Å². The van der Waals surface area contributed by atoms with E-state index in [2.05, 4.69) is 17.2 Å². The molecule has 1 spiro atoms. The third kappa shape index (κ3) is 2.37. The van der Waals surface area contributed by atoms with E-state index in [0.717, 1.165) is 54.6 Å². The van der Waals surface area contributed by atoms with Gasteiger partial charge in [0.15, 0.2) is 0 Å². The minimum Gasteiger partial charge on any atom is -0.357 e. The van der Waals surface area contributed by atoms with Gasteiger partial charge < -0.3 is 4.74 Å². The molecule has 30 heavy (non-hydrogen) atoms. The van der Waals surface area contributed by atoms with Crippen LogP contribution >= 0.6 is 0 Å². The molecule has 3 aromatic rings. The summed E-state index contributed by atoms with van der Waals surface area (Å²) in [6.07, 6.45) is 8.78. The van der Waals surface area contributed by atoms with Crippen molar-refractivity contribution in [2.24, 2.45) is 0 Å².